The Morgan fingerprint density at radius 2 is 2.00 bits per heavy atom. The van der Waals surface area contributed by atoms with E-state index >= 15 is 4.39 Å². The van der Waals surface area contributed by atoms with E-state index < -0.39 is 34.5 Å². The van der Waals surface area contributed by atoms with Crippen molar-refractivity contribution in [2.45, 2.75) is 12.7 Å². The standard InChI is InChI=1S/C24H15F5N6O2S/c1-35(7-10-8-37-9-32-10)22-12-5-14(24(27,28)29)17(18(26)19(12)33-23(34-22)36-2)11-3-4-15(25)20-16(11)13(6-30)21(31)38-20/h3-5,8-9H,7,31H2,1-2H3. The van der Waals surface area contributed by atoms with E-state index in [4.69, 9.17) is 14.9 Å². The van der Waals surface area contributed by atoms with E-state index in [1.165, 1.54) is 31.7 Å². The Kier molecular flexibility index (Phi) is 6.03. The van der Waals surface area contributed by atoms with Gasteiger partial charge in [0.15, 0.2) is 12.2 Å². The van der Waals surface area contributed by atoms with Gasteiger partial charge in [-0.15, -0.1) is 11.3 Å². The summed E-state index contributed by atoms with van der Waals surface area (Å²) in [7, 11) is 2.74. The molecule has 8 nitrogen and oxygen atoms in total. The Bertz CT molecular complexity index is 1740. The quantitative estimate of drug-likeness (QED) is 0.271. The van der Waals surface area contributed by atoms with Gasteiger partial charge in [0.2, 0.25) is 0 Å². The zero-order valence-electron chi connectivity index (χ0n) is 19.5. The number of benzene rings is 2. The van der Waals surface area contributed by atoms with E-state index in [1.807, 2.05) is 0 Å². The minimum Gasteiger partial charge on any atom is -0.467 e. The van der Waals surface area contributed by atoms with Gasteiger partial charge in [0.05, 0.1) is 35.2 Å². The van der Waals surface area contributed by atoms with Gasteiger partial charge < -0.3 is 19.8 Å². The molecule has 0 saturated carbocycles. The van der Waals surface area contributed by atoms with Gasteiger partial charge in [0.1, 0.15) is 34.5 Å². The van der Waals surface area contributed by atoms with Crippen LogP contribution in [0.25, 0.3) is 32.1 Å². The summed E-state index contributed by atoms with van der Waals surface area (Å²) in [6.07, 6.45) is -2.52. The number of nitrogens with zero attached hydrogens (tertiary/aromatic N) is 5. The van der Waals surface area contributed by atoms with Crippen LogP contribution >= 0.6 is 11.3 Å². The van der Waals surface area contributed by atoms with Crippen LogP contribution in [0.3, 0.4) is 0 Å². The molecule has 194 valence electrons. The Morgan fingerprint density at radius 3 is 2.63 bits per heavy atom. The maximum atomic E-state index is 16.3. The molecule has 38 heavy (non-hydrogen) atoms. The predicted molar refractivity (Wildman–Crippen MR) is 130 cm³/mol. The normalized spacial score (nSPS) is 11.7. The van der Waals surface area contributed by atoms with Crippen LogP contribution in [0.15, 0.2) is 35.3 Å². The Hall–Kier alpha value is -4.51. The minimum absolute atomic E-state index is 0.0625. The molecule has 0 aliphatic rings. The van der Waals surface area contributed by atoms with Crippen molar-refractivity contribution in [1.29, 1.82) is 5.26 Å². The number of alkyl halides is 3. The molecule has 2 N–H and O–H groups in total. The summed E-state index contributed by atoms with van der Waals surface area (Å²) in [6, 6.07) is 4.09. The highest BCUT2D eigenvalue weighted by Crippen LogP contribution is 2.47. The van der Waals surface area contributed by atoms with E-state index in [9.17, 15) is 22.8 Å². The van der Waals surface area contributed by atoms with Crippen LogP contribution in [-0.4, -0.2) is 29.1 Å². The van der Waals surface area contributed by atoms with Crippen molar-refractivity contribution in [2.24, 2.45) is 0 Å². The summed E-state index contributed by atoms with van der Waals surface area (Å²) in [5, 5.41) is 9.01. The Balaban J connectivity index is 1.88. The van der Waals surface area contributed by atoms with Crippen LogP contribution in [0.2, 0.25) is 0 Å². The molecule has 0 saturated heterocycles. The highest BCUT2D eigenvalue weighted by molar-refractivity contribution is 7.23. The molecule has 0 fully saturated rings. The van der Waals surface area contributed by atoms with Crippen molar-refractivity contribution in [3.05, 3.63) is 59.3 Å². The maximum Gasteiger partial charge on any atom is 0.417 e. The Morgan fingerprint density at radius 1 is 1.24 bits per heavy atom. The number of aromatic nitrogens is 3. The largest absolute Gasteiger partial charge is 0.467 e. The predicted octanol–water partition coefficient (Wildman–Crippen LogP) is 5.90. The lowest BCUT2D eigenvalue weighted by Gasteiger charge is -2.22. The summed E-state index contributed by atoms with van der Waals surface area (Å²) in [5.41, 5.74) is 2.93. The van der Waals surface area contributed by atoms with Gasteiger partial charge in [-0.1, -0.05) is 6.07 Å². The van der Waals surface area contributed by atoms with Gasteiger partial charge in [-0.25, -0.2) is 13.8 Å². The highest BCUT2D eigenvalue weighted by Gasteiger charge is 2.38. The van der Waals surface area contributed by atoms with Crippen LogP contribution in [0.1, 0.15) is 16.8 Å². The second-order valence-corrected chi connectivity index (χ2v) is 9.18. The van der Waals surface area contributed by atoms with E-state index in [1.54, 1.807) is 6.07 Å². The second-order valence-electron chi connectivity index (χ2n) is 8.13. The van der Waals surface area contributed by atoms with Gasteiger partial charge in [0, 0.05) is 23.4 Å². The Labute approximate surface area is 214 Å². The third-order valence-corrected chi connectivity index (χ3v) is 6.85. The number of halogens is 5. The van der Waals surface area contributed by atoms with E-state index in [0.717, 1.165) is 18.2 Å². The minimum atomic E-state index is -5.05. The number of ether oxygens (including phenoxy) is 1. The molecule has 14 heteroatoms. The van der Waals surface area contributed by atoms with Gasteiger partial charge in [-0.05, 0) is 17.7 Å². The fourth-order valence-electron chi connectivity index (χ4n) is 4.20. The van der Waals surface area contributed by atoms with Crippen molar-refractivity contribution in [3.63, 3.8) is 0 Å². The maximum absolute atomic E-state index is 16.3. The molecule has 0 bridgehead atoms. The van der Waals surface area contributed by atoms with Crippen molar-refractivity contribution in [2.75, 3.05) is 24.8 Å². The number of nitrogen functional groups attached to an aromatic ring is 1. The van der Waals surface area contributed by atoms with Crippen LogP contribution in [0, 0.1) is 23.0 Å². The number of thiophene rings is 1. The van der Waals surface area contributed by atoms with Gasteiger partial charge in [0.25, 0.3) is 0 Å². The molecule has 0 unspecified atom stereocenters. The second kappa shape index (κ2) is 9.10. The lowest BCUT2D eigenvalue weighted by molar-refractivity contribution is -0.137. The first-order valence-corrected chi connectivity index (χ1v) is 11.5. The van der Waals surface area contributed by atoms with Crippen LogP contribution in [-0.2, 0) is 12.7 Å². The van der Waals surface area contributed by atoms with E-state index in [2.05, 4.69) is 15.0 Å². The van der Waals surface area contributed by atoms with Crippen molar-refractivity contribution in [3.8, 4) is 23.2 Å². The summed E-state index contributed by atoms with van der Waals surface area (Å²) < 4.78 is 84.1. The number of fused-ring (bicyclic) bond motifs is 2. The zero-order valence-corrected chi connectivity index (χ0v) is 20.3. The van der Waals surface area contributed by atoms with Crippen LogP contribution in [0.4, 0.5) is 32.8 Å². The molecule has 3 aromatic heterocycles. The lowest BCUT2D eigenvalue weighted by atomic mass is 9.92. The highest BCUT2D eigenvalue weighted by atomic mass is 32.1. The summed E-state index contributed by atoms with van der Waals surface area (Å²) in [6.45, 7) is 0.0643. The topological polar surface area (TPSA) is 114 Å². The molecule has 0 aliphatic carbocycles. The molecule has 0 aliphatic heterocycles. The van der Waals surface area contributed by atoms with Crippen LogP contribution in [0.5, 0.6) is 6.01 Å². The third-order valence-electron chi connectivity index (χ3n) is 5.82. The van der Waals surface area contributed by atoms with E-state index in [0.29, 0.717) is 17.0 Å². The number of anilines is 2. The molecular weight excluding hydrogens is 531 g/mol. The number of nitriles is 1. The number of hydrogen-bond acceptors (Lipinski definition) is 9. The number of hydrogen-bond donors (Lipinski definition) is 1. The SMILES string of the molecule is COc1nc(N(C)Cc2cocn2)c2cc(C(F)(F)F)c(-c3ccc(F)c4sc(N)c(C#N)c34)c(F)c2n1. The van der Waals surface area contributed by atoms with E-state index in [-0.39, 0.29) is 50.0 Å². The molecule has 0 spiro atoms. The zero-order chi connectivity index (χ0) is 27.4. The smallest absolute Gasteiger partial charge is 0.417 e. The molecule has 3 heterocycles. The lowest BCUT2D eigenvalue weighted by Crippen LogP contribution is -2.20. The molecule has 5 aromatic rings. The molecule has 0 radical (unpaired) electrons. The molecule has 5 rings (SSSR count). The van der Waals surface area contributed by atoms with Crippen molar-refractivity contribution in [1.82, 2.24) is 15.0 Å². The summed E-state index contributed by atoms with van der Waals surface area (Å²) in [4.78, 5) is 13.6. The average molecular weight is 546 g/mol. The fraction of sp³-hybridized carbons (Fsp3) is 0.167. The molecule has 0 amide bonds. The van der Waals surface area contributed by atoms with Gasteiger partial charge in [-0.2, -0.15) is 28.4 Å². The summed E-state index contributed by atoms with van der Waals surface area (Å²) >= 11 is 0.686. The van der Waals surface area contributed by atoms with Gasteiger partial charge >= 0.3 is 12.2 Å². The molecule has 0 atom stereocenters. The molecule has 2 aromatic carbocycles. The summed E-state index contributed by atoms with van der Waals surface area (Å²) in [5.74, 6) is -2.22. The van der Waals surface area contributed by atoms with Crippen LogP contribution < -0.4 is 15.4 Å². The number of nitrogens with two attached hydrogens (primary N) is 1. The van der Waals surface area contributed by atoms with Crippen molar-refractivity contribution >= 4 is 43.1 Å². The van der Waals surface area contributed by atoms with Crippen molar-refractivity contribution < 1.29 is 31.1 Å². The fourth-order valence-corrected chi connectivity index (χ4v) is 5.15. The average Bonchev–Trinajstić information content (AvgIpc) is 3.51. The third kappa shape index (κ3) is 4.01. The molecular formula is C24H15F5N6O2S. The monoisotopic (exact) mass is 546 g/mol. The number of oxazole rings is 1. The first-order valence-electron chi connectivity index (χ1n) is 10.7. The first kappa shape index (κ1) is 25.2. The van der Waals surface area contributed by atoms with Gasteiger partial charge in [-0.3, -0.25) is 0 Å². The number of methoxy groups -OCH3 is 1. The first-order chi connectivity index (χ1) is 18.0. The number of rotatable bonds is 5.